The summed E-state index contributed by atoms with van der Waals surface area (Å²) in [5, 5.41) is 3.00. The van der Waals surface area contributed by atoms with E-state index in [2.05, 4.69) is 34.1 Å². The van der Waals surface area contributed by atoms with Crippen LogP contribution < -0.4 is 0 Å². The summed E-state index contributed by atoms with van der Waals surface area (Å²) in [6.07, 6.45) is 3.46. The van der Waals surface area contributed by atoms with E-state index in [1.54, 1.807) is 17.4 Å². The molecule has 1 aromatic heterocycles. The minimum atomic E-state index is 0.0870. The second kappa shape index (κ2) is 9.17. The Morgan fingerprint density at radius 1 is 1.24 bits per heavy atom. The molecule has 1 aliphatic rings. The fraction of sp³-hybridized carbons (Fsp3) is 0.368. The van der Waals surface area contributed by atoms with Crippen LogP contribution in [0.15, 0.2) is 46.7 Å². The van der Waals surface area contributed by atoms with Gasteiger partial charge in [-0.25, -0.2) is 4.98 Å². The molecular weight excluding hydrogens is 350 g/mol. The molecule has 1 saturated heterocycles. The summed E-state index contributed by atoms with van der Waals surface area (Å²) in [6.45, 7) is 6.54. The molecule has 1 fully saturated rings. The SMILES string of the molecule is Cc1nc(/C=C/C(=O)N2CCN(CCSc3ccccc3)CC2)cs1. The zero-order valence-corrected chi connectivity index (χ0v) is 16.1. The Bertz CT molecular complexity index is 706. The van der Waals surface area contributed by atoms with Gasteiger partial charge in [-0.3, -0.25) is 9.69 Å². The van der Waals surface area contributed by atoms with Gasteiger partial charge in [0.15, 0.2) is 0 Å². The Morgan fingerprint density at radius 2 is 2.00 bits per heavy atom. The molecule has 2 heterocycles. The molecule has 0 N–H and O–H groups in total. The highest BCUT2D eigenvalue weighted by molar-refractivity contribution is 7.99. The third kappa shape index (κ3) is 5.70. The van der Waals surface area contributed by atoms with Crippen molar-refractivity contribution in [3.05, 3.63) is 52.5 Å². The summed E-state index contributed by atoms with van der Waals surface area (Å²) in [7, 11) is 0. The highest BCUT2D eigenvalue weighted by atomic mass is 32.2. The van der Waals surface area contributed by atoms with Crippen LogP contribution in [-0.2, 0) is 4.79 Å². The Balaban J connectivity index is 1.38. The second-order valence-electron chi connectivity index (χ2n) is 5.95. The molecule has 25 heavy (non-hydrogen) atoms. The summed E-state index contributed by atoms with van der Waals surface area (Å²) in [5.41, 5.74) is 0.868. The van der Waals surface area contributed by atoms with Gasteiger partial charge in [-0.05, 0) is 25.1 Å². The zero-order chi connectivity index (χ0) is 17.5. The number of benzene rings is 1. The van der Waals surface area contributed by atoms with Crippen molar-refractivity contribution in [2.45, 2.75) is 11.8 Å². The molecule has 132 valence electrons. The van der Waals surface area contributed by atoms with Crippen LogP contribution >= 0.6 is 23.1 Å². The van der Waals surface area contributed by atoms with E-state index in [0.717, 1.165) is 49.2 Å². The topological polar surface area (TPSA) is 36.4 Å². The molecule has 2 aromatic rings. The van der Waals surface area contributed by atoms with Gasteiger partial charge in [0.1, 0.15) is 0 Å². The molecule has 0 bridgehead atoms. The molecule has 6 heteroatoms. The molecule has 1 amide bonds. The van der Waals surface area contributed by atoms with Crippen molar-refractivity contribution in [2.24, 2.45) is 0 Å². The standard InChI is InChI=1S/C19H23N3OS2/c1-16-20-17(15-25-16)7-8-19(23)22-11-9-21(10-12-22)13-14-24-18-5-3-2-4-6-18/h2-8,15H,9-14H2,1H3/b8-7+. The lowest BCUT2D eigenvalue weighted by atomic mass is 10.3. The Labute approximate surface area is 157 Å². The molecule has 0 saturated carbocycles. The molecule has 0 unspecified atom stereocenters. The van der Waals surface area contributed by atoms with Crippen LogP contribution in [0.3, 0.4) is 0 Å². The van der Waals surface area contributed by atoms with Crippen LogP contribution in [0.2, 0.25) is 0 Å². The summed E-state index contributed by atoms with van der Waals surface area (Å²) in [5.74, 6) is 1.17. The van der Waals surface area contributed by atoms with E-state index < -0.39 is 0 Å². The van der Waals surface area contributed by atoms with Gasteiger partial charge in [0.25, 0.3) is 0 Å². The van der Waals surface area contributed by atoms with Crippen LogP contribution in [-0.4, -0.2) is 59.2 Å². The first-order valence-corrected chi connectivity index (χ1v) is 10.4. The lowest BCUT2D eigenvalue weighted by Crippen LogP contribution is -2.48. The van der Waals surface area contributed by atoms with E-state index in [4.69, 9.17) is 0 Å². The maximum atomic E-state index is 12.3. The fourth-order valence-corrected chi connectivity index (χ4v) is 4.24. The predicted molar refractivity (Wildman–Crippen MR) is 106 cm³/mol. The first kappa shape index (κ1) is 18.2. The summed E-state index contributed by atoms with van der Waals surface area (Å²) in [4.78, 5) is 22.3. The van der Waals surface area contributed by atoms with Crippen LogP contribution in [0, 0.1) is 6.92 Å². The highest BCUT2D eigenvalue weighted by Gasteiger charge is 2.19. The molecule has 1 aliphatic heterocycles. The van der Waals surface area contributed by atoms with Gasteiger partial charge in [0.05, 0.1) is 10.7 Å². The van der Waals surface area contributed by atoms with Crippen molar-refractivity contribution in [2.75, 3.05) is 38.5 Å². The number of hydrogen-bond donors (Lipinski definition) is 0. The average Bonchev–Trinajstić information content (AvgIpc) is 3.06. The van der Waals surface area contributed by atoms with Crippen LogP contribution in [0.4, 0.5) is 0 Å². The number of rotatable bonds is 6. The van der Waals surface area contributed by atoms with Crippen molar-refractivity contribution in [1.82, 2.24) is 14.8 Å². The van der Waals surface area contributed by atoms with Crippen molar-refractivity contribution in [3.8, 4) is 0 Å². The molecule has 0 radical (unpaired) electrons. The lowest BCUT2D eigenvalue weighted by molar-refractivity contribution is -0.127. The smallest absolute Gasteiger partial charge is 0.246 e. The minimum Gasteiger partial charge on any atom is -0.337 e. The Hall–Kier alpha value is -1.63. The largest absolute Gasteiger partial charge is 0.337 e. The minimum absolute atomic E-state index is 0.0870. The third-order valence-electron chi connectivity index (χ3n) is 4.14. The van der Waals surface area contributed by atoms with Crippen molar-refractivity contribution >= 4 is 35.1 Å². The molecule has 3 rings (SSSR count). The van der Waals surface area contributed by atoms with E-state index in [1.165, 1.54) is 4.90 Å². The van der Waals surface area contributed by atoms with Crippen molar-refractivity contribution in [3.63, 3.8) is 0 Å². The Kier molecular flexibility index (Phi) is 6.67. The molecule has 0 aliphatic carbocycles. The molecule has 0 atom stereocenters. The van der Waals surface area contributed by atoms with E-state index in [0.29, 0.717) is 0 Å². The van der Waals surface area contributed by atoms with Gasteiger partial charge >= 0.3 is 0 Å². The van der Waals surface area contributed by atoms with E-state index in [9.17, 15) is 4.79 Å². The van der Waals surface area contributed by atoms with Crippen molar-refractivity contribution in [1.29, 1.82) is 0 Å². The number of nitrogens with zero attached hydrogens (tertiary/aromatic N) is 3. The molecule has 0 spiro atoms. The Morgan fingerprint density at radius 3 is 2.68 bits per heavy atom. The van der Waals surface area contributed by atoms with E-state index in [1.807, 2.05) is 41.1 Å². The maximum Gasteiger partial charge on any atom is 0.246 e. The molecule has 1 aromatic carbocycles. The van der Waals surface area contributed by atoms with Crippen molar-refractivity contribution < 1.29 is 4.79 Å². The number of hydrogen-bond acceptors (Lipinski definition) is 5. The quantitative estimate of drug-likeness (QED) is 0.574. The van der Waals surface area contributed by atoms with E-state index >= 15 is 0 Å². The summed E-state index contributed by atoms with van der Waals surface area (Å²) in [6, 6.07) is 10.5. The lowest BCUT2D eigenvalue weighted by Gasteiger charge is -2.34. The van der Waals surface area contributed by atoms with Gasteiger partial charge in [-0.1, -0.05) is 18.2 Å². The average molecular weight is 374 g/mol. The first-order chi connectivity index (χ1) is 12.2. The monoisotopic (exact) mass is 373 g/mol. The summed E-state index contributed by atoms with van der Waals surface area (Å²) >= 11 is 3.49. The van der Waals surface area contributed by atoms with Gasteiger partial charge in [0.2, 0.25) is 5.91 Å². The number of carbonyl (C=O) groups is 1. The summed E-state index contributed by atoms with van der Waals surface area (Å²) < 4.78 is 0. The first-order valence-electron chi connectivity index (χ1n) is 8.50. The zero-order valence-electron chi connectivity index (χ0n) is 14.4. The van der Waals surface area contributed by atoms with E-state index in [-0.39, 0.29) is 5.91 Å². The normalized spacial score (nSPS) is 15.8. The number of piperazine rings is 1. The van der Waals surface area contributed by atoms with Gasteiger partial charge in [-0.15, -0.1) is 23.1 Å². The van der Waals surface area contributed by atoms with Gasteiger partial charge in [0, 0.05) is 54.8 Å². The predicted octanol–water partition coefficient (Wildman–Crippen LogP) is 3.40. The number of carbonyl (C=O) groups excluding carboxylic acids is 1. The number of thioether (sulfide) groups is 1. The number of aryl methyl sites for hydroxylation is 1. The van der Waals surface area contributed by atoms with Gasteiger partial charge in [-0.2, -0.15) is 0 Å². The fourth-order valence-electron chi connectivity index (χ4n) is 2.72. The van der Waals surface area contributed by atoms with Crippen LogP contribution in [0.5, 0.6) is 0 Å². The second-order valence-corrected chi connectivity index (χ2v) is 8.18. The number of thiazole rings is 1. The maximum absolute atomic E-state index is 12.3. The van der Waals surface area contributed by atoms with Crippen LogP contribution in [0.25, 0.3) is 6.08 Å². The van der Waals surface area contributed by atoms with Gasteiger partial charge < -0.3 is 4.90 Å². The number of aromatic nitrogens is 1. The molecular formula is C19H23N3OS2. The van der Waals surface area contributed by atoms with Crippen LogP contribution in [0.1, 0.15) is 10.7 Å². The highest BCUT2D eigenvalue weighted by Crippen LogP contribution is 2.17. The molecule has 4 nitrogen and oxygen atoms in total. The third-order valence-corrected chi connectivity index (χ3v) is 5.92. The number of amides is 1.